The summed E-state index contributed by atoms with van der Waals surface area (Å²) >= 11 is 7.05. The second-order valence-corrected chi connectivity index (χ2v) is 7.70. The lowest BCUT2D eigenvalue weighted by molar-refractivity contribution is 1.20. The minimum Gasteiger partial charge on any atom is -0.326 e. The summed E-state index contributed by atoms with van der Waals surface area (Å²) in [6.07, 6.45) is 4.27. The van der Waals surface area contributed by atoms with Gasteiger partial charge in [0, 0.05) is 27.1 Å². The molecule has 0 atom stereocenters. The number of benzene rings is 3. The second kappa shape index (κ2) is 6.32. The van der Waals surface area contributed by atoms with Gasteiger partial charge < -0.3 is 10.2 Å². The molecule has 0 radical (unpaired) electrons. The number of rotatable bonds is 2. The molecule has 3 aromatic rings. The molecule has 0 spiro atoms. The molecule has 0 amide bonds. The van der Waals surface area contributed by atoms with Gasteiger partial charge in [-0.25, -0.2) is 0 Å². The summed E-state index contributed by atoms with van der Waals surface area (Å²) in [5.74, 6) is 0.311. The van der Waals surface area contributed by atoms with Crippen LogP contribution in [0.25, 0.3) is 22.9 Å². The normalized spacial score (nSPS) is 11.8. The Morgan fingerprint density at radius 1 is 1.00 bits per heavy atom. The summed E-state index contributed by atoms with van der Waals surface area (Å²) in [5.41, 5.74) is 4.31. The van der Waals surface area contributed by atoms with Gasteiger partial charge in [-0.15, -0.1) is 0 Å². The van der Waals surface area contributed by atoms with E-state index in [1.807, 2.05) is 36.2 Å². The summed E-state index contributed by atoms with van der Waals surface area (Å²) < 4.78 is 1.91. The first-order chi connectivity index (χ1) is 12.0. The lowest BCUT2D eigenvalue weighted by atomic mass is 10.0. The maximum atomic E-state index is 8.50. The molecular weight excluding hydrogens is 442 g/mol. The van der Waals surface area contributed by atoms with Gasteiger partial charge >= 0.3 is 0 Å². The van der Waals surface area contributed by atoms with Crippen LogP contribution in [0.5, 0.6) is 0 Å². The fraction of sp³-hybridized carbons (Fsp3) is 0.0500. The second-order valence-electron chi connectivity index (χ2n) is 5.93. The Bertz CT molecular complexity index is 1030. The fourth-order valence-electron chi connectivity index (χ4n) is 3.10. The summed E-state index contributed by atoms with van der Waals surface area (Å²) in [4.78, 5) is 1.82. The zero-order valence-electron chi connectivity index (χ0n) is 13.5. The molecule has 0 aliphatic heterocycles. The van der Waals surface area contributed by atoms with E-state index in [9.17, 15) is 0 Å². The van der Waals surface area contributed by atoms with Crippen LogP contribution < -0.4 is 10.2 Å². The van der Waals surface area contributed by atoms with E-state index >= 15 is 0 Å². The van der Waals surface area contributed by atoms with Crippen molar-refractivity contribution in [3.05, 3.63) is 68.6 Å². The van der Waals surface area contributed by atoms with Crippen LogP contribution in [-0.2, 0) is 0 Å². The quantitative estimate of drug-likeness (QED) is 0.273. The van der Waals surface area contributed by atoms with Gasteiger partial charge in [-0.05, 0) is 56.7 Å². The molecule has 0 saturated carbocycles. The van der Waals surface area contributed by atoms with Gasteiger partial charge in [-0.2, -0.15) is 0 Å². The molecule has 0 unspecified atom stereocenters. The van der Waals surface area contributed by atoms with Crippen molar-refractivity contribution in [1.29, 1.82) is 5.41 Å². The molecule has 4 rings (SSSR count). The molecule has 0 aromatic heterocycles. The monoisotopic (exact) mass is 455 g/mol. The Hall–Kier alpha value is -2.11. The number of nitrogens with one attached hydrogen (secondary N) is 2. The molecule has 124 valence electrons. The van der Waals surface area contributed by atoms with E-state index < -0.39 is 0 Å². The highest BCUT2D eigenvalue weighted by Crippen LogP contribution is 2.35. The van der Waals surface area contributed by atoms with Gasteiger partial charge in [0.2, 0.25) is 0 Å². The molecule has 1 aliphatic rings. The van der Waals surface area contributed by atoms with Crippen LogP contribution >= 0.6 is 31.9 Å². The highest BCUT2D eigenvalue weighted by molar-refractivity contribution is 9.11. The number of hydrogen-bond donors (Lipinski definition) is 2. The smallest absolute Gasteiger partial charge is 0.199 e. The number of guanidine groups is 1. The Balaban J connectivity index is 1.68. The SMILES string of the molecule is CN(C(=N)Nc1ccc2c3c(cccc13)C=C2)c1cc(Br)ccc1Br. The number of anilines is 2. The molecule has 0 fully saturated rings. The van der Waals surface area contributed by atoms with Crippen LogP contribution in [0.4, 0.5) is 11.4 Å². The Kier molecular flexibility index (Phi) is 4.13. The summed E-state index contributed by atoms with van der Waals surface area (Å²) in [5, 5.41) is 14.1. The molecule has 5 heteroatoms. The van der Waals surface area contributed by atoms with Crippen LogP contribution in [0.1, 0.15) is 11.1 Å². The Morgan fingerprint density at radius 3 is 2.56 bits per heavy atom. The van der Waals surface area contributed by atoms with Crippen molar-refractivity contribution in [3.8, 4) is 0 Å². The zero-order chi connectivity index (χ0) is 17.6. The van der Waals surface area contributed by atoms with Gasteiger partial charge in [0.25, 0.3) is 0 Å². The van der Waals surface area contributed by atoms with Crippen LogP contribution in [0.2, 0.25) is 0 Å². The molecule has 25 heavy (non-hydrogen) atoms. The number of nitrogens with zero attached hydrogens (tertiary/aromatic N) is 1. The highest BCUT2D eigenvalue weighted by Gasteiger charge is 2.15. The first kappa shape index (κ1) is 16.4. The Labute approximate surface area is 163 Å². The van der Waals surface area contributed by atoms with Crippen molar-refractivity contribution in [3.63, 3.8) is 0 Å². The molecular formula is C20H15Br2N3. The van der Waals surface area contributed by atoms with E-state index in [-0.39, 0.29) is 0 Å². The van der Waals surface area contributed by atoms with Crippen molar-refractivity contribution in [2.75, 3.05) is 17.3 Å². The standard InChI is InChI=1S/C20H15Br2N3/c1-25(18-11-14(21)8-9-16(18)22)20(23)24-17-10-7-13-6-5-12-3-2-4-15(17)19(12)13/h2-11H,1H3,(H2,23,24). The zero-order valence-corrected chi connectivity index (χ0v) is 16.6. The van der Waals surface area contributed by atoms with Crippen LogP contribution in [0.15, 0.2) is 57.5 Å². The molecule has 0 bridgehead atoms. The van der Waals surface area contributed by atoms with Crippen LogP contribution in [0, 0.1) is 5.41 Å². The minimum absolute atomic E-state index is 0.311. The van der Waals surface area contributed by atoms with E-state index in [2.05, 4.69) is 73.6 Å². The van der Waals surface area contributed by atoms with Crippen molar-refractivity contribution in [1.82, 2.24) is 0 Å². The largest absolute Gasteiger partial charge is 0.326 e. The van der Waals surface area contributed by atoms with Gasteiger partial charge in [0.05, 0.1) is 5.69 Å². The molecule has 3 aromatic carbocycles. The summed E-state index contributed by atoms with van der Waals surface area (Å²) in [7, 11) is 1.88. The van der Waals surface area contributed by atoms with E-state index in [0.717, 1.165) is 25.7 Å². The average molecular weight is 457 g/mol. The van der Waals surface area contributed by atoms with Crippen LogP contribution in [0.3, 0.4) is 0 Å². The van der Waals surface area contributed by atoms with E-state index in [1.165, 1.54) is 16.5 Å². The molecule has 0 saturated heterocycles. The van der Waals surface area contributed by atoms with Crippen molar-refractivity contribution >= 4 is 72.1 Å². The van der Waals surface area contributed by atoms with Crippen molar-refractivity contribution < 1.29 is 0 Å². The highest BCUT2D eigenvalue weighted by atomic mass is 79.9. The van der Waals surface area contributed by atoms with E-state index in [0.29, 0.717) is 5.96 Å². The number of hydrogen-bond acceptors (Lipinski definition) is 1. The van der Waals surface area contributed by atoms with Crippen molar-refractivity contribution in [2.24, 2.45) is 0 Å². The minimum atomic E-state index is 0.311. The molecule has 2 N–H and O–H groups in total. The molecule has 3 nitrogen and oxygen atoms in total. The maximum Gasteiger partial charge on any atom is 0.199 e. The van der Waals surface area contributed by atoms with Gasteiger partial charge in [0.1, 0.15) is 0 Å². The summed E-state index contributed by atoms with van der Waals surface area (Å²) in [6.45, 7) is 0. The molecule has 1 aliphatic carbocycles. The predicted octanol–water partition coefficient (Wildman–Crippen LogP) is 6.33. The van der Waals surface area contributed by atoms with Crippen molar-refractivity contribution in [2.45, 2.75) is 0 Å². The lowest BCUT2D eigenvalue weighted by Crippen LogP contribution is -2.32. The van der Waals surface area contributed by atoms with Gasteiger partial charge in [-0.3, -0.25) is 5.41 Å². The van der Waals surface area contributed by atoms with E-state index in [1.54, 1.807) is 0 Å². The topological polar surface area (TPSA) is 39.1 Å². The summed E-state index contributed by atoms with van der Waals surface area (Å²) in [6, 6.07) is 16.3. The van der Waals surface area contributed by atoms with Gasteiger partial charge in [-0.1, -0.05) is 52.3 Å². The maximum absolute atomic E-state index is 8.50. The Morgan fingerprint density at radius 2 is 1.76 bits per heavy atom. The fourth-order valence-corrected chi connectivity index (χ4v) is 3.97. The average Bonchev–Trinajstić information content (AvgIpc) is 3.03. The first-order valence-electron chi connectivity index (χ1n) is 7.83. The lowest BCUT2D eigenvalue weighted by Gasteiger charge is -2.23. The van der Waals surface area contributed by atoms with Gasteiger partial charge in [0.15, 0.2) is 5.96 Å². The predicted molar refractivity (Wildman–Crippen MR) is 114 cm³/mol. The molecule has 0 heterocycles. The number of halogens is 2. The third-order valence-electron chi connectivity index (χ3n) is 4.41. The third kappa shape index (κ3) is 2.87. The first-order valence-corrected chi connectivity index (χ1v) is 9.41. The third-order valence-corrected chi connectivity index (χ3v) is 5.57. The van der Waals surface area contributed by atoms with E-state index in [4.69, 9.17) is 5.41 Å². The van der Waals surface area contributed by atoms with Crippen LogP contribution in [-0.4, -0.2) is 13.0 Å².